The largest absolute Gasteiger partial charge is 0.465 e. The summed E-state index contributed by atoms with van der Waals surface area (Å²) in [5.74, 6) is -3.23. The number of hydrogen-bond donors (Lipinski definition) is 1. The highest BCUT2D eigenvalue weighted by Crippen LogP contribution is 2.58. The summed E-state index contributed by atoms with van der Waals surface area (Å²) < 4.78 is 12.7. The molecule has 1 N–H and O–H groups in total. The van der Waals surface area contributed by atoms with Crippen LogP contribution in [0, 0.1) is 11.8 Å². The Morgan fingerprint density at radius 3 is 2.36 bits per heavy atom. The second kappa shape index (κ2) is 12.4. The zero-order valence-electron chi connectivity index (χ0n) is 26.3. The van der Waals surface area contributed by atoms with E-state index in [0.717, 1.165) is 38.0 Å². The SMILES string of the molecule is CCN(CC)c1ccc(N2CC=C[C@]34O[C@]5(C)/C=C\CCCCOC(=O)[C@@H]5[C@H]3C(=O)N([C@H](CO)c3ccccc3)C4C2=O)cc1. The van der Waals surface area contributed by atoms with E-state index in [-0.39, 0.29) is 19.1 Å². The van der Waals surface area contributed by atoms with Crippen LogP contribution < -0.4 is 9.80 Å². The average molecular weight is 614 g/mol. The van der Waals surface area contributed by atoms with Crippen molar-refractivity contribution < 1.29 is 29.0 Å². The molecule has 0 saturated carbocycles. The van der Waals surface area contributed by atoms with Gasteiger partial charge in [0.05, 0.1) is 30.8 Å². The highest BCUT2D eigenvalue weighted by Gasteiger charge is 2.75. The topological polar surface area (TPSA) is 99.6 Å². The standard InChI is InChI=1S/C36H43N3O6/c1-4-37(5-2)26-16-18-27(19-17-26)38-22-13-21-36-29(30-34(43)44-23-12-7-6-11-20-35(30,3)45-36)32(41)39(31(36)33(38)42)28(24-40)25-14-9-8-10-15-25/h8-11,13-21,28-31,40H,4-7,12,22-24H2,1-3H3/b20-11-/t28-,29+,30+,31?,35-,36+/m1/s1. The van der Waals surface area contributed by atoms with Gasteiger partial charge in [-0.1, -0.05) is 54.6 Å². The number of likely N-dealkylation sites (tertiary alicyclic amines) is 1. The third-order valence-corrected chi connectivity index (χ3v) is 9.92. The number of amides is 2. The van der Waals surface area contributed by atoms with Crippen LogP contribution in [-0.2, 0) is 23.9 Å². The molecule has 6 atom stereocenters. The fourth-order valence-electron chi connectivity index (χ4n) is 7.77. The van der Waals surface area contributed by atoms with Gasteiger partial charge < -0.3 is 29.3 Å². The van der Waals surface area contributed by atoms with Gasteiger partial charge in [0.2, 0.25) is 5.91 Å². The monoisotopic (exact) mass is 613 g/mol. The van der Waals surface area contributed by atoms with Crippen molar-refractivity contribution in [3.05, 3.63) is 84.5 Å². The fourth-order valence-corrected chi connectivity index (χ4v) is 7.77. The Morgan fingerprint density at radius 1 is 0.933 bits per heavy atom. The van der Waals surface area contributed by atoms with E-state index in [1.54, 1.807) is 4.90 Å². The van der Waals surface area contributed by atoms with Crippen molar-refractivity contribution in [3.63, 3.8) is 0 Å². The van der Waals surface area contributed by atoms with Crippen LogP contribution in [0.2, 0.25) is 0 Å². The Bertz CT molecular complexity index is 1470. The fraction of sp³-hybridized carbons (Fsp3) is 0.472. The number of hydrogen-bond acceptors (Lipinski definition) is 7. The van der Waals surface area contributed by atoms with E-state index in [0.29, 0.717) is 11.3 Å². The summed E-state index contributed by atoms with van der Waals surface area (Å²) in [5.41, 5.74) is -0.192. The Kier molecular flexibility index (Phi) is 8.59. The van der Waals surface area contributed by atoms with Crippen molar-refractivity contribution in [3.8, 4) is 0 Å². The van der Waals surface area contributed by atoms with Crippen LogP contribution in [-0.4, -0.2) is 77.9 Å². The first-order chi connectivity index (χ1) is 21.8. The van der Waals surface area contributed by atoms with Crippen molar-refractivity contribution in [2.75, 3.05) is 42.6 Å². The van der Waals surface area contributed by atoms with Crippen LogP contribution in [0.25, 0.3) is 0 Å². The third-order valence-electron chi connectivity index (χ3n) is 9.92. The van der Waals surface area contributed by atoms with Crippen LogP contribution >= 0.6 is 0 Å². The van der Waals surface area contributed by atoms with E-state index >= 15 is 0 Å². The summed E-state index contributed by atoms with van der Waals surface area (Å²) in [6.45, 7) is 7.85. The maximum atomic E-state index is 14.9. The lowest BCUT2D eigenvalue weighted by atomic mass is 9.74. The highest BCUT2D eigenvalue weighted by atomic mass is 16.6. The summed E-state index contributed by atoms with van der Waals surface area (Å²) in [7, 11) is 0. The van der Waals surface area contributed by atoms with Crippen molar-refractivity contribution in [2.24, 2.45) is 11.8 Å². The van der Waals surface area contributed by atoms with E-state index < -0.39 is 53.6 Å². The summed E-state index contributed by atoms with van der Waals surface area (Å²) in [6.07, 6.45) is 9.95. The Hall–Kier alpha value is -3.95. The van der Waals surface area contributed by atoms with Gasteiger partial charge >= 0.3 is 5.97 Å². The first kappa shape index (κ1) is 31.0. The minimum absolute atomic E-state index is 0.260. The summed E-state index contributed by atoms with van der Waals surface area (Å²) in [6, 6.07) is 15.1. The molecule has 1 unspecified atom stereocenters. The number of carbonyl (C=O) groups excluding carboxylic acids is 3. The third kappa shape index (κ3) is 5.16. The van der Waals surface area contributed by atoms with Gasteiger partial charge in [0, 0.05) is 31.0 Å². The molecule has 4 aliphatic rings. The van der Waals surface area contributed by atoms with Gasteiger partial charge in [-0.15, -0.1) is 0 Å². The number of allylic oxidation sites excluding steroid dienone is 1. The maximum Gasteiger partial charge on any atom is 0.313 e. The van der Waals surface area contributed by atoms with Crippen molar-refractivity contribution in [2.45, 2.75) is 63.3 Å². The molecule has 2 amide bonds. The maximum absolute atomic E-state index is 14.9. The van der Waals surface area contributed by atoms with Gasteiger partial charge in [-0.25, -0.2) is 0 Å². The molecule has 2 aromatic carbocycles. The lowest BCUT2D eigenvalue weighted by Gasteiger charge is -2.40. The number of cyclic esters (lactones) is 1. The second-order valence-corrected chi connectivity index (χ2v) is 12.5. The van der Waals surface area contributed by atoms with E-state index in [9.17, 15) is 19.5 Å². The molecule has 1 spiro atoms. The molecule has 45 heavy (non-hydrogen) atoms. The molecule has 0 radical (unpaired) electrons. The van der Waals surface area contributed by atoms with Gasteiger partial charge in [-0.2, -0.15) is 0 Å². The molecular weight excluding hydrogens is 570 g/mol. The van der Waals surface area contributed by atoms with E-state index in [1.165, 1.54) is 4.90 Å². The number of aliphatic hydroxyl groups excluding tert-OH is 1. The van der Waals surface area contributed by atoms with Crippen LogP contribution in [0.5, 0.6) is 0 Å². The van der Waals surface area contributed by atoms with Gasteiger partial charge in [-0.05, 0) is 69.9 Å². The molecule has 2 aromatic rings. The molecule has 0 aromatic heterocycles. The molecular formula is C36H43N3O6. The van der Waals surface area contributed by atoms with E-state index in [1.807, 2.05) is 85.8 Å². The minimum atomic E-state index is -1.46. The minimum Gasteiger partial charge on any atom is -0.465 e. The summed E-state index contributed by atoms with van der Waals surface area (Å²) in [4.78, 5) is 48.9. The molecule has 0 aliphatic carbocycles. The number of carbonyl (C=O) groups is 3. The van der Waals surface area contributed by atoms with Gasteiger partial charge in [0.15, 0.2) is 0 Å². The lowest BCUT2D eigenvalue weighted by Crippen LogP contribution is -2.57. The molecule has 2 fully saturated rings. The predicted octanol–water partition coefficient (Wildman–Crippen LogP) is 4.42. The van der Waals surface area contributed by atoms with Gasteiger partial charge in [-0.3, -0.25) is 14.4 Å². The number of nitrogens with zero attached hydrogens (tertiary/aromatic N) is 3. The Labute approximate surface area is 265 Å². The zero-order chi connectivity index (χ0) is 31.8. The summed E-state index contributed by atoms with van der Waals surface area (Å²) in [5, 5.41) is 10.8. The molecule has 4 heterocycles. The predicted molar refractivity (Wildman–Crippen MR) is 172 cm³/mol. The van der Waals surface area contributed by atoms with Crippen molar-refractivity contribution >= 4 is 29.2 Å². The normalized spacial score (nSPS) is 31.0. The molecule has 238 valence electrons. The molecule has 2 saturated heterocycles. The highest BCUT2D eigenvalue weighted by molar-refractivity contribution is 6.06. The summed E-state index contributed by atoms with van der Waals surface area (Å²) >= 11 is 0. The molecule has 9 nitrogen and oxygen atoms in total. The second-order valence-electron chi connectivity index (χ2n) is 12.5. The average Bonchev–Trinajstić information content (AvgIpc) is 3.38. The number of ether oxygens (including phenoxy) is 2. The van der Waals surface area contributed by atoms with Crippen LogP contribution in [0.4, 0.5) is 11.4 Å². The van der Waals surface area contributed by atoms with Crippen LogP contribution in [0.15, 0.2) is 78.9 Å². The number of aliphatic hydroxyl groups is 1. The van der Waals surface area contributed by atoms with Crippen molar-refractivity contribution in [1.82, 2.24) is 4.90 Å². The molecule has 4 aliphatic heterocycles. The smallest absolute Gasteiger partial charge is 0.313 e. The molecule has 6 rings (SSSR count). The van der Waals surface area contributed by atoms with Crippen LogP contribution in [0.1, 0.15) is 51.6 Å². The van der Waals surface area contributed by atoms with Gasteiger partial charge in [0.1, 0.15) is 17.6 Å². The quantitative estimate of drug-likeness (QED) is 0.365. The number of benzene rings is 2. The Morgan fingerprint density at radius 2 is 1.67 bits per heavy atom. The molecule has 0 bridgehead atoms. The lowest BCUT2D eigenvalue weighted by molar-refractivity contribution is -0.160. The van der Waals surface area contributed by atoms with Crippen molar-refractivity contribution in [1.29, 1.82) is 0 Å². The van der Waals surface area contributed by atoms with Gasteiger partial charge in [0.25, 0.3) is 5.91 Å². The number of anilines is 2. The number of rotatable bonds is 7. The van der Waals surface area contributed by atoms with Crippen LogP contribution in [0.3, 0.4) is 0 Å². The first-order valence-electron chi connectivity index (χ1n) is 16.2. The van der Waals surface area contributed by atoms with E-state index in [2.05, 4.69) is 18.7 Å². The first-order valence-corrected chi connectivity index (χ1v) is 16.2. The zero-order valence-corrected chi connectivity index (χ0v) is 26.3. The molecule has 9 heteroatoms. The number of esters is 1. The number of fused-ring (bicyclic) bond motifs is 2. The Balaban J connectivity index is 1.49. The van der Waals surface area contributed by atoms with E-state index in [4.69, 9.17) is 9.47 Å².